The zero-order valence-electron chi connectivity index (χ0n) is 21.4. The van der Waals surface area contributed by atoms with Gasteiger partial charge in [-0.1, -0.05) is 0 Å². The average Bonchev–Trinajstić information content (AvgIpc) is 2.84. The molecule has 1 aliphatic rings. The molecule has 0 radical (unpaired) electrons. The van der Waals surface area contributed by atoms with Gasteiger partial charge >= 0.3 is 23.9 Å². The van der Waals surface area contributed by atoms with Gasteiger partial charge in [-0.25, -0.2) is 4.39 Å². The standard InChI is InChI=1S/C24H34FN5O9/c25-18-1-3-19(4-2-18)29-9-11-30(12-10-29)20(31)13-27(15-22(34)35)7-5-26(14-21(32)33)6-8-28(16-23(36)37)17-24(38)39/h1-4H,5-17H2,(H,32,33)(H,34,35)(H,36,37)(H,38,39). The van der Waals surface area contributed by atoms with E-state index in [-0.39, 0.29) is 44.4 Å². The smallest absolute Gasteiger partial charge is 0.317 e. The third-order valence-corrected chi connectivity index (χ3v) is 6.08. The summed E-state index contributed by atoms with van der Waals surface area (Å²) in [6.45, 7) is -0.266. The summed E-state index contributed by atoms with van der Waals surface area (Å²) in [6.07, 6.45) is 0. The molecule has 1 heterocycles. The molecule has 39 heavy (non-hydrogen) atoms. The lowest BCUT2D eigenvalue weighted by Crippen LogP contribution is -2.52. The lowest BCUT2D eigenvalue weighted by Gasteiger charge is -2.37. The molecule has 1 aromatic rings. The lowest BCUT2D eigenvalue weighted by molar-refractivity contribution is -0.143. The summed E-state index contributed by atoms with van der Waals surface area (Å²) in [4.78, 5) is 65.3. The number of rotatable bonds is 17. The van der Waals surface area contributed by atoms with E-state index in [2.05, 4.69) is 0 Å². The minimum absolute atomic E-state index is 0.0209. The predicted molar refractivity (Wildman–Crippen MR) is 135 cm³/mol. The maximum atomic E-state index is 13.2. The van der Waals surface area contributed by atoms with Gasteiger partial charge in [-0.15, -0.1) is 0 Å². The molecule has 1 aliphatic heterocycles. The van der Waals surface area contributed by atoms with Gasteiger partial charge in [0.2, 0.25) is 5.91 Å². The third-order valence-electron chi connectivity index (χ3n) is 6.08. The quantitative estimate of drug-likeness (QED) is 0.178. The van der Waals surface area contributed by atoms with Crippen LogP contribution in [0.3, 0.4) is 0 Å². The molecule has 14 nitrogen and oxygen atoms in total. The first-order chi connectivity index (χ1) is 18.4. The van der Waals surface area contributed by atoms with E-state index in [9.17, 15) is 38.6 Å². The second-order valence-electron chi connectivity index (χ2n) is 9.12. The van der Waals surface area contributed by atoms with Crippen molar-refractivity contribution >= 4 is 35.5 Å². The highest BCUT2D eigenvalue weighted by Gasteiger charge is 2.25. The number of anilines is 1. The Labute approximate surface area is 224 Å². The van der Waals surface area contributed by atoms with Crippen LogP contribution in [-0.4, -0.2) is 155 Å². The fourth-order valence-corrected chi connectivity index (χ4v) is 4.19. The average molecular weight is 556 g/mol. The summed E-state index contributed by atoms with van der Waals surface area (Å²) in [5.74, 6) is -5.42. The van der Waals surface area contributed by atoms with E-state index >= 15 is 0 Å². The van der Waals surface area contributed by atoms with Crippen LogP contribution in [0.5, 0.6) is 0 Å². The molecule has 216 valence electrons. The van der Waals surface area contributed by atoms with Crippen LogP contribution < -0.4 is 4.90 Å². The Kier molecular flexibility index (Phi) is 12.5. The minimum Gasteiger partial charge on any atom is -0.480 e. The van der Waals surface area contributed by atoms with Crippen LogP contribution in [-0.2, 0) is 24.0 Å². The second kappa shape index (κ2) is 15.6. The van der Waals surface area contributed by atoms with Crippen molar-refractivity contribution in [2.45, 2.75) is 0 Å². The van der Waals surface area contributed by atoms with Crippen molar-refractivity contribution in [3.05, 3.63) is 30.1 Å². The summed E-state index contributed by atoms with van der Waals surface area (Å²) in [5, 5.41) is 36.5. The van der Waals surface area contributed by atoms with E-state index in [0.717, 1.165) is 10.6 Å². The van der Waals surface area contributed by atoms with Crippen LogP contribution in [0.15, 0.2) is 24.3 Å². The Morgan fingerprint density at radius 1 is 0.615 bits per heavy atom. The van der Waals surface area contributed by atoms with E-state index < -0.39 is 50.1 Å². The summed E-state index contributed by atoms with van der Waals surface area (Å²) >= 11 is 0. The molecule has 2 rings (SSSR count). The number of benzene rings is 1. The van der Waals surface area contributed by atoms with Crippen LogP contribution in [0.25, 0.3) is 0 Å². The SMILES string of the molecule is O=C(O)CN(CCN(CC(=O)O)CC(=O)O)CCN(CC(=O)O)CC(=O)N1CCN(c2ccc(F)cc2)CC1. The number of hydrogen-bond acceptors (Lipinski definition) is 9. The molecule has 0 aliphatic carbocycles. The van der Waals surface area contributed by atoms with Crippen molar-refractivity contribution in [2.24, 2.45) is 0 Å². The van der Waals surface area contributed by atoms with Gasteiger partial charge in [0, 0.05) is 58.0 Å². The number of carbonyl (C=O) groups excluding carboxylic acids is 1. The molecule has 0 atom stereocenters. The number of piperazine rings is 1. The maximum absolute atomic E-state index is 13.2. The van der Waals surface area contributed by atoms with Gasteiger partial charge < -0.3 is 30.2 Å². The minimum atomic E-state index is -1.23. The number of nitrogens with zero attached hydrogens (tertiary/aromatic N) is 5. The topological polar surface area (TPSA) is 182 Å². The fourth-order valence-electron chi connectivity index (χ4n) is 4.19. The van der Waals surface area contributed by atoms with E-state index in [1.165, 1.54) is 21.9 Å². The highest BCUT2D eigenvalue weighted by Crippen LogP contribution is 2.17. The molecular weight excluding hydrogens is 521 g/mol. The van der Waals surface area contributed by atoms with Crippen molar-refractivity contribution in [2.75, 3.05) is 90.0 Å². The summed E-state index contributed by atoms with van der Waals surface area (Å²) < 4.78 is 13.2. The lowest BCUT2D eigenvalue weighted by atomic mass is 10.2. The van der Waals surface area contributed by atoms with Gasteiger partial charge in [0.05, 0.1) is 32.7 Å². The van der Waals surface area contributed by atoms with Crippen molar-refractivity contribution < 1.29 is 48.8 Å². The Balaban J connectivity index is 1.93. The Morgan fingerprint density at radius 2 is 1.00 bits per heavy atom. The number of halogens is 1. The number of aliphatic carboxylic acids is 4. The highest BCUT2D eigenvalue weighted by atomic mass is 19.1. The first-order valence-electron chi connectivity index (χ1n) is 12.3. The number of carbonyl (C=O) groups is 5. The Hall–Kier alpha value is -3.82. The van der Waals surface area contributed by atoms with E-state index in [4.69, 9.17) is 10.2 Å². The van der Waals surface area contributed by atoms with Gasteiger partial charge in [0.1, 0.15) is 5.82 Å². The first-order valence-corrected chi connectivity index (χ1v) is 12.3. The molecule has 0 spiro atoms. The number of carboxylic acids is 4. The molecule has 0 aromatic heterocycles. The highest BCUT2D eigenvalue weighted by molar-refractivity contribution is 5.79. The maximum Gasteiger partial charge on any atom is 0.317 e. The molecule has 1 saturated heterocycles. The van der Waals surface area contributed by atoms with E-state index in [0.29, 0.717) is 26.2 Å². The predicted octanol–water partition coefficient (Wildman–Crippen LogP) is -1.28. The second-order valence-corrected chi connectivity index (χ2v) is 9.12. The Bertz CT molecular complexity index is 986. The van der Waals surface area contributed by atoms with Gasteiger partial charge in [0.25, 0.3) is 0 Å². The molecule has 0 bridgehead atoms. The summed E-state index contributed by atoms with van der Waals surface area (Å²) in [6, 6.07) is 6.04. The Morgan fingerprint density at radius 3 is 1.44 bits per heavy atom. The number of carboxylic acid groups (broad SMARTS) is 4. The van der Waals surface area contributed by atoms with Crippen LogP contribution >= 0.6 is 0 Å². The van der Waals surface area contributed by atoms with Gasteiger partial charge in [-0.05, 0) is 24.3 Å². The molecule has 1 amide bonds. The van der Waals surface area contributed by atoms with Crippen LogP contribution in [0.2, 0.25) is 0 Å². The molecule has 15 heteroatoms. The number of hydrogen-bond donors (Lipinski definition) is 4. The van der Waals surface area contributed by atoms with Crippen LogP contribution in [0, 0.1) is 5.82 Å². The van der Waals surface area contributed by atoms with Crippen molar-refractivity contribution in [1.29, 1.82) is 0 Å². The van der Waals surface area contributed by atoms with Crippen molar-refractivity contribution in [3.8, 4) is 0 Å². The monoisotopic (exact) mass is 555 g/mol. The molecule has 1 aromatic carbocycles. The largest absolute Gasteiger partial charge is 0.480 e. The van der Waals surface area contributed by atoms with E-state index in [1.807, 2.05) is 4.90 Å². The molecular formula is C24H34FN5O9. The van der Waals surface area contributed by atoms with Gasteiger partial charge in [-0.2, -0.15) is 0 Å². The number of amides is 1. The van der Waals surface area contributed by atoms with Crippen molar-refractivity contribution in [3.63, 3.8) is 0 Å². The molecule has 0 saturated carbocycles. The molecule has 1 fully saturated rings. The zero-order chi connectivity index (χ0) is 28.9. The molecule has 0 unspecified atom stereocenters. The molecule has 4 N–H and O–H groups in total. The van der Waals surface area contributed by atoms with E-state index in [1.54, 1.807) is 17.0 Å². The van der Waals surface area contributed by atoms with Gasteiger partial charge in [-0.3, -0.25) is 38.7 Å². The summed E-state index contributed by atoms with van der Waals surface area (Å²) in [5.41, 5.74) is 0.833. The normalized spacial score (nSPS) is 13.7. The van der Waals surface area contributed by atoms with Crippen LogP contribution in [0.4, 0.5) is 10.1 Å². The fraction of sp³-hybridized carbons (Fsp3) is 0.542. The van der Waals surface area contributed by atoms with Crippen molar-refractivity contribution in [1.82, 2.24) is 19.6 Å². The van der Waals surface area contributed by atoms with Crippen LogP contribution in [0.1, 0.15) is 0 Å². The van der Waals surface area contributed by atoms with Gasteiger partial charge in [0.15, 0.2) is 0 Å². The third kappa shape index (κ3) is 12.1. The first kappa shape index (κ1) is 31.4. The zero-order valence-corrected chi connectivity index (χ0v) is 21.4. The summed E-state index contributed by atoms with van der Waals surface area (Å²) in [7, 11) is 0.